The molecule has 0 fully saturated rings. The van der Waals surface area contributed by atoms with E-state index < -0.39 is 0 Å². The van der Waals surface area contributed by atoms with Gasteiger partial charge in [0.2, 0.25) is 5.91 Å². The number of hydrogen-bond donors (Lipinski definition) is 1. The number of carbonyl (C=O) groups excluding carboxylic acids is 1. The smallest absolute Gasteiger partial charge is 0.226 e. The standard InChI is InChI=1S/C19H19ClN4O2S/c1-24-9-8-14-16(11-24)27-19(22-14)23-17(25)6-7-18-21-10-15(26-18)12-2-4-13(20)5-3-12/h2-5,10H,6-9,11H2,1H3,(H,22,23,25). The molecule has 1 aliphatic heterocycles. The Morgan fingerprint density at radius 2 is 2.19 bits per heavy atom. The first-order valence-electron chi connectivity index (χ1n) is 8.74. The van der Waals surface area contributed by atoms with E-state index in [1.165, 1.54) is 4.88 Å². The SMILES string of the molecule is CN1CCc2nc(NC(=O)CCc3ncc(-c4ccc(Cl)cc4)o3)sc2C1. The predicted molar refractivity (Wildman–Crippen MR) is 106 cm³/mol. The maximum Gasteiger partial charge on any atom is 0.226 e. The van der Waals surface area contributed by atoms with Crippen molar-refractivity contribution in [3.63, 3.8) is 0 Å². The number of likely N-dealkylation sites (N-methyl/N-ethyl adjacent to an activating group) is 1. The summed E-state index contributed by atoms with van der Waals surface area (Å²) in [5, 5.41) is 4.24. The number of amides is 1. The Morgan fingerprint density at radius 3 is 3.00 bits per heavy atom. The molecule has 2 aromatic heterocycles. The molecular formula is C19H19ClN4O2S. The minimum Gasteiger partial charge on any atom is -0.441 e. The predicted octanol–water partition coefficient (Wildman–Crippen LogP) is 4.01. The second-order valence-corrected chi connectivity index (χ2v) is 8.07. The van der Waals surface area contributed by atoms with Crippen LogP contribution in [0.2, 0.25) is 5.02 Å². The molecule has 0 bridgehead atoms. The normalized spacial score (nSPS) is 14.1. The molecule has 3 aromatic rings. The van der Waals surface area contributed by atoms with Gasteiger partial charge < -0.3 is 14.6 Å². The highest BCUT2D eigenvalue weighted by molar-refractivity contribution is 7.15. The van der Waals surface area contributed by atoms with Gasteiger partial charge in [0.1, 0.15) is 0 Å². The number of hydrogen-bond acceptors (Lipinski definition) is 6. The zero-order chi connectivity index (χ0) is 18.8. The molecule has 0 saturated carbocycles. The van der Waals surface area contributed by atoms with Gasteiger partial charge in [-0.1, -0.05) is 11.6 Å². The second-order valence-electron chi connectivity index (χ2n) is 6.55. The van der Waals surface area contributed by atoms with Crippen molar-refractivity contribution in [1.82, 2.24) is 14.9 Å². The number of anilines is 1. The zero-order valence-electron chi connectivity index (χ0n) is 14.9. The minimum absolute atomic E-state index is 0.0827. The van der Waals surface area contributed by atoms with Gasteiger partial charge in [-0.25, -0.2) is 9.97 Å². The number of aryl methyl sites for hydroxylation is 1. The van der Waals surface area contributed by atoms with Crippen LogP contribution in [0.4, 0.5) is 5.13 Å². The van der Waals surface area contributed by atoms with Gasteiger partial charge in [0.25, 0.3) is 0 Å². The molecule has 0 atom stereocenters. The first-order chi connectivity index (χ1) is 13.1. The Bertz CT molecular complexity index is 951. The highest BCUT2D eigenvalue weighted by Crippen LogP contribution is 2.28. The molecule has 3 heterocycles. The minimum atomic E-state index is -0.0827. The maximum absolute atomic E-state index is 12.2. The molecule has 140 valence electrons. The van der Waals surface area contributed by atoms with Crippen molar-refractivity contribution in [1.29, 1.82) is 0 Å². The number of benzene rings is 1. The molecule has 8 heteroatoms. The van der Waals surface area contributed by atoms with Crippen LogP contribution in [0.25, 0.3) is 11.3 Å². The molecule has 27 heavy (non-hydrogen) atoms. The van der Waals surface area contributed by atoms with Gasteiger partial charge in [0, 0.05) is 47.8 Å². The van der Waals surface area contributed by atoms with Crippen molar-refractivity contribution in [2.24, 2.45) is 0 Å². The van der Waals surface area contributed by atoms with Crippen molar-refractivity contribution in [2.45, 2.75) is 25.8 Å². The Labute approximate surface area is 166 Å². The summed E-state index contributed by atoms with van der Waals surface area (Å²) in [4.78, 5) is 24.5. The van der Waals surface area contributed by atoms with Crippen LogP contribution < -0.4 is 5.32 Å². The number of fused-ring (bicyclic) bond motifs is 1. The maximum atomic E-state index is 12.2. The highest BCUT2D eigenvalue weighted by Gasteiger charge is 2.19. The van der Waals surface area contributed by atoms with Crippen molar-refractivity contribution >= 4 is 34.0 Å². The van der Waals surface area contributed by atoms with Crippen molar-refractivity contribution in [2.75, 3.05) is 18.9 Å². The van der Waals surface area contributed by atoms with Crippen LogP contribution in [0.15, 0.2) is 34.9 Å². The molecular weight excluding hydrogens is 384 g/mol. The van der Waals surface area contributed by atoms with Gasteiger partial charge >= 0.3 is 0 Å². The van der Waals surface area contributed by atoms with E-state index in [2.05, 4.69) is 27.2 Å². The molecule has 4 rings (SSSR count). The van der Waals surface area contributed by atoms with Crippen LogP contribution in [-0.4, -0.2) is 34.4 Å². The van der Waals surface area contributed by atoms with Gasteiger partial charge in [-0.05, 0) is 31.3 Å². The summed E-state index contributed by atoms with van der Waals surface area (Å²) in [6.45, 7) is 1.90. The van der Waals surface area contributed by atoms with E-state index in [-0.39, 0.29) is 5.91 Å². The van der Waals surface area contributed by atoms with Crippen LogP contribution in [0, 0.1) is 0 Å². The van der Waals surface area contributed by atoms with Crippen LogP contribution in [0.1, 0.15) is 22.9 Å². The zero-order valence-corrected chi connectivity index (χ0v) is 16.4. The number of nitrogens with one attached hydrogen (secondary N) is 1. The summed E-state index contributed by atoms with van der Waals surface area (Å²) in [6, 6.07) is 7.36. The molecule has 1 aliphatic rings. The molecule has 0 aliphatic carbocycles. The van der Waals surface area contributed by atoms with Crippen molar-refractivity contribution < 1.29 is 9.21 Å². The first-order valence-corrected chi connectivity index (χ1v) is 9.94. The number of halogens is 1. The quantitative estimate of drug-likeness (QED) is 0.698. The monoisotopic (exact) mass is 402 g/mol. The fourth-order valence-electron chi connectivity index (χ4n) is 2.95. The fourth-order valence-corrected chi connectivity index (χ4v) is 4.18. The largest absolute Gasteiger partial charge is 0.441 e. The van der Waals surface area contributed by atoms with E-state index in [0.717, 1.165) is 30.8 Å². The average Bonchev–Trinajstić information content (AvgIpc) is 3.26. The summed E-state index contributed by atoms with van der Waals surface area (Å²) in [7, 11) is 2.09. The lowest BCUT2D eigenvalue weighted by Crippen LogP contribution is -2.25. The lowest BCUT2D eigenvalue weighted by atomic mass is 10.2. The number of rotatable bonds is 5. The third-order valence-electron chi connectivity index (χ3n) is 4.42. The van der Waals surface area contributed by atoms with E-state index in [9.17, 15) is 4.79 Å². The molecule has 1 N–H and O–H groups in total. The number of oxazole rings is 1. The number of thiazole rings is 1. The number of carbonyl (C=O) groups is 1. The van der Waals surface area contributed by atoms with E-state index >= 15 is 0 Å². The van der Waals surface area contributed by atoms with E-state index in [4.69, 9.17) is 16.0 Å². The van der Waals surface area contributed by atoms with Crippen LogP contribution >= 0.6 is 22.9 Å². The van der Waals surface area contributed by atoms with Gasteiger partial charge in [-0.3, -0.25) is 4.79 Å². The Morgan fingerprint density at radius 1 is 1.37 bits per heavy atom. The Balaban J connectivity index is 1.33. The fraction of sp³-hybridized carbons (Fsp3) is 0.316. The first kappa shape index (κ1) is 18.2. The summed E-state index contributed by atoms with van der Waals surface area (Å²) in [6.07, 6.45) is 3.34. The molecule has 1 amide bonds. The molecule has 0 radical (unpaired) electrons. The van der Waals surface area contributed by atoms with Crippen molar-refractivity contribution in [3.8, 4) is 11.3 Å². The topological polar surface area (TPSA) is 71.3 Å². The lowest BCUT2D eigenvalue weighted by Gasteiger charge is -2.20. The molecule has 0 unspecified atom stereocenters. The van der Waals surface area contributed by atoms with Crippen molar-refractivity contribution in [3.05, 3.63) is 51.9 Å². The van der Waals surface area contributed by atoms with Crippen LogP contribution in [0.3, 0.4) is 0 Å². The van der Waals surface area contributed by atoms with E-state index in [1.54, 1.807) is 29.7 Å². The van der Waals surface area contributed by atoms with Crippen LogP contribution in [-0.2, 0) is 24.2 Å². The summed E-state index contributed by atoms with van der Waals surface area (Å²) in [5.74, 6) is 1.12. The second kappa shape index (κ2) is 7.80. The molecule has 0 saturated heterocycles. The highest BCUT2D eigenvalue weighted by atomic mass is 35.5. The summed E-state index contributed by atoms with van der Waals surface area (Å²) < 4.78 is 5.74. The number of aromatic nitrogens is 2. The third kappa shape index (κ3) is 4.37. The summed E-state index contributed by atoms with van der Waals surface area (Å²) >= 11 is 7.46. The molecule has 1 aromatic carbocycles. The van der Waals surface area contributed by atoms with Gasteiger partial charge in [-0.2, -0.15) is 0 Å². The van der Waals surface area contributed by atoms with Gasteiger partial charge in [0.05, 0.1) is 11.9 Å². The Kier molecular flexibility index (Phi) is 5.24. The average molecular weight is 403 g/mol. The van der Waals surface area contributed by atoms with E-state index in [0.29, 0.717) is 34.6 Å². The molecule has 0 spiro atoms. The molecule has 6 nitrogen and oxygen atoms in total. The van der Waals surface area contributed by atoms with Gasteiger partial charge in [0.15, 0.2) is 16.8 Å². The third-order valence-corrected chi connectivity index (χ3v) is 5.67. The van der Waals surface area contributed by atoms with E-state index in [1.807, 2.05) is 12.1 Å². The van der Waals surface area contributed by atoms with Gasteiger partial charge in [-0.15, -0.1) is 11.3 Å². The summed E-state index contributed by atoms with van der Waals surface area (Å²) in [5.41, 5.74) is 2.01. The lowest BCUT2D eigenvalue weighted by molar-refractivity contribution is -0.116. The Hall–Kier alpha value is -2.22. The number of nitrogens with zero attached hydrogens (tertiary/aromatic N) is 3. The van der Waals surface area contributed by atoms with Crippen LogP contribution in [0.5, 0.6) is 0 Å².